The van der Waals surface area contributed by atoms with E-state index in [4.69, 9.17) is 9.47 Å². The zero-order chi connectivity index (χ0) is 14.4. The van der Waals surface area contributed by atoms with Crippen molar-refractivity contribution in [2.24, 2.45) is 0 Å². The van der Waals surface area contributed by atoms with Crippen molar-refractivity contribution in [2.75, 3.05) is 13.2 Å². The summed E-state index contributed by atoms with van der Waals surface area (Å²) in [6.45, 7) is 0.732. The maximum absolute atomic E-state index is 11.8. The highest BCUT2D eigenvalue weighted by atomic mass is 16.5. The minimum Gasteiger partial charge on any atom is -0.480 e. The molecule has 108 valence electrons. The van der Waals surface area contributed by atoms with Crippen molar-refractivity contribution >= 4 is 12.1 Å². The van der Waals surface area contributed by atoms with Gasteiger partial charge in [0.2, 0.25) is 0 Å². The van der Waals surface area contributed by atoms with Gasteiger partial charge in [-0.05, 0) is 5.56 Å². The van der Waals surface area contributed by atoms with Gasteiger partial charge in [0.05, 0.1) is 0 Å². The molecule has 1 aromatic rings. The number of alkyl carbamates (subject to hydrolysis) is 1. The molecule has 0 unspecified atom stereocenters. The highest BCUT2D eigenvalue weighted by molar-refractivity contribution is 5.84. The SMILES string of the molecule is O=C(NC1(C(=O)O)CCOCC1)OCc1ccccc1. The lowest BCUT2D eigenvalue weighted by atomic mass is 9.90. The molecule has 0 saturated carbocycles. The Morgan fingerprint density at radius 2 is 1.90 bits per heavy atom. The number of carbonyl (C=O) groups is 2. The van der Waals surface area contributed by atoms with E-state index in [1.807, 2.05) is 30.3 Å². The minimum atomic E-state index is -1.29. The van der Waals surface area contributed by atoms with Gasteiger partial charge in [0.15, 0.2) is 0 Å². The summed E-state index contributed by atoms with van der Waals surface area (Å²) in [5, 5.41) is 11.8. The Hall–Kier alpha value is -2.08. The fourth-order valence-corrected chi connectivity index (χ4v) is 2.07. The van der Waals surface area contributed by atoms with E-state index in [9.17, 15) is 14.7 Å². The van der Waals surface area contributed by atoms with Crippen LogP contribution < -0.4 is 5.32 Å². The van der Waals surface area contributed by atoms with Gasteiger partial charge < -0.3 is 19.9 Å². The number of rotatable bonds is 4. The summed E-state index contributed by atoms with van der Waals surface area (Å²) in [4.78, 5) is 23.1. The smallest absolute Gasteiger partial charge is 0.408 e. The van der Waals surface area contributed by atoms with Gasteiger partial charge in [-0.15, -0.1) is 0 Å². The molecule has 0 aromatic heterocycles. The molecule has 1 aromatic carbocycles. The van der Waals surface area contributed by atoms with Crippen molar-refractivity contribution in [1.29, 1.82) is 0 Å². The Balaban J connectivity index is 1.90. The van der Waals surface area contributed by atoms with Crippen LogP contribution in [-0.2, 0) is 20.9 Å². The van der Waals surface area contributed by atoms with Gasteiger partial charge in [0, 0.05) is 26.1 Å². The molecule has 0 spiro atoms. The highest BCUT2D eigenvalue weighted by Crippen LogP contribution is 2.21. The lowest BCUT2D eigenvalue weighted by Crippen LogP contribution is -2.57. The van der Waals surface area contributed by atoms with Gasteiger partial charge in [0.1, 0.15) is 12.1 Å². The molecule has 0 aliphatic carbocycles. The first kappa shape index (κ1) is 14.3. The van der Waals surface area contributed by atoms with Gasteiger partial charge >= 0.3 is 12.1 Å². The Kier molecular flexibility index (Phi) is 4.57. The summed E-state index contributed by atoms with van der Waals surface area (Å²) in [5.74, 6) is -1.06. The molecule has 1 saturated heterocycles. The van der Waals surface area contributed by atoms with Gasteiger partial charge in [-0.2, -0.15) is 0 Å². The molecule has 1 aliphatic heterocycles. The number of benzene rings is 1. The number of hydrogen-bond acceptors (Lipinski definition) is 4. The maximum atomic E-state index is 11.8. The molecule has 6 nitrogen and oxygen atoms in total. The van der Waals surface area contributed by atoms with Crippen molar-refractivity contribution < 1.29 is 24.2 Å². The van der Waals surface area contributed by atoms with Crippen molar-refractivity contribution in [1.82, 2.24) is 5.32 Å². The number of nitrogens with one attached hydrogen (secondary N) is 1. The van der Waals surface area contributed by atoms with Crippen molar-refractivity contribution in [3.8, 4) is 0 Å². The number of hydrogen-bond donors (Lipinski definition) is 2. The molecule has 1 amide bonds. The first-order valence-corrected chi connectivity index (χ1v) is 6.42. The monoisotopic (exact) mass is 279 g/mol. The van der Waals surface area contributed by atoms with Gasteiger partial charge in [-0.3, -0.25) is 0 Å². The van der Waals surface area contributed by atoms with E-state index in [1.165, 1.54) is 0 Å². The molecular weight excluding hydrogens is 262 g/mol. The predicted octanol–water partition coefficient (Wildman–Crippen LogP) is 1.55. The molecule has 1 fully saturated rings. The van der Waals surface area contributed by atoms with E-state index in [-0.39, 0.29) is 19.4 Å². The predicted molar refractivity (Wildman–Crippen MR) is 70.2 cm³/mol. The molecule has 0 radical (unpaired) electrons. The van der Waals surface area contributed by atoms with Crippen LogP contribution in [0.15, 0.2) is 30.3 Å². The van der Waals surface area contributed by atoms with Crippen LogP contribution in [0.2, 0.25) is 0 Å². The van der Waals surface area contributed by atoms with E-state index >= 15 is 0 Å². The van der Waals surface area contributed by atoms with Crippen LogP contribution in [0.25, 0.3) is 0 Å². The standard InChI is InChI=1S/C14H17NO5/c16-12(17)14(6-8-19-9-7-14)15-13(18)20-10-11-4-2-1-3-5-11/h1-5H,6-10H2,(H,15,18)(H,16,17). The Labute approximate surface area is 116 Å². The van der Waals surface area contributed by atoms with Gasteiger partial charge in [-0.1, -0.05) is 30.3 Å². The maximum Gasteiger partial charge on any atom is 0.408 e. The Bertz CT molecular complexity index is 468. The second-order valence-electron chi connectivity index (χ2n) is 4.69. The topological polar surface area (TPSA) is 84.9 Å². The average molecular weight is 279 g/mol. The number of amides is 1. The second kappa shape index (κ2) is 6.38. The fourth-order valence-electron chi connectivity index (χ4n) is 2.07. The first-order chi connectivity index (χ1) is 9.62. The van der Waals surface area contributed by atoms with Crippen LogP contribution in [0.3, 0.4) is 0 Å². The quantitative estimate of drug-likeness (QED) is 0.873. The first-order valence-electron chi connectivity index (χ1n) is 6.42. The molecule has 2 N–H and O–H groups in total. The molecule has 0 atom stereocenters. The van der Waals surface area contributed by atoms with Crippen molar-refractivity contribution in [2.45, 2.75) is 25.0 Å². The molecule has 1 heterocycles. The van der Waals surface area contributed by atoms with E-state index in [1.54, 1.807) is 0 Å². The summed E-state index contributed by atoms with van der Waals surface area (Å²) in [6, 6.07) is 9.20. The third-order valence-corrected chi connectivity index (χ3v) is 3.31. The summed E-state index contributed by atoms with van der Waals surface area (Å²) in [7, 11) is 0. The van der Waals surface area contributed by atoms with Crippen LogP contribution >= 0.6 is 0 Å². The third-order valence-electron chi connectivity index (χ3n) is 3.31. The molecular formula is C14H17NO5. The molecule has 6 heteroatoms. The van der Waals surface area contributed by atoms with E-state index in [0.717, 1.165) is 5.56 Å². The zero-order valence-electron chi connectivity index (χ0n) is 11.0. The van der Waals surface area contributed by atoms with E-state index in [0.29, 0.717) is 13.2 Å². The fraction of sp³-hybridized carbons (Fsp3) is 0.429. The van der Waals surface area contributed by atoms with Crippen LogP contribution in [0.5, 0.6) is 0 Å². The van der Waals surface area contributed by atoms with Crippen molar-refractivity contribution in [3.63, 3.8) is 0 Å². The summed E-state index contributed by atoms with van der Waals surface area (Å²) in [5.41, 5.74) is -0.439. The lowest BCUT2D eigenvalue weighted by Gasteiger charge is -2.33. The number of ether oxygens (including phenoxy) is 2. The number of carbonyl (C=O) groups excluding carboxylic acids is 1. The normalized spacial score (nSPS) is 17.2. The molecule has 2 rings (SSSR count). The van der Waals surface area contributed by atoms with E-state index in [2.05, 4.69) is 5.32 Å². The number of carboxylic acid groups (broad SMARTS) is 1. The van der Waals surface area contributed by atoms with Crippen LogP contribution in [-0.4, -0.2) is 35.9 Å². The van der Waals surface area contributed by atoms with Crippen LogP contribution in [0, 0.1) is 0 Å². The molecule has 20 heavy (non-hydrogen) atoms. The summed E-state index contributed by atoms with van der Waals surface area (Å²) < 4.78 is 10.2. The average Bonchev–Trinajstić information content (AvgIpc) is 2.47. The number of carboxylic acids is 1. The summed E-state index contributed by atoms with van der Waals surface area (Å²) >= 11 is 0. The van der Waals surface area contributed by atoms with Crippen LogP contribution in [0.4, 0.5) is 4.79 Å². The Morgan fingerprint density at radius 1 is 1.25 bits per heavy atom. The molecule has 0 bridgehead atoms. The minimum absolute atomic E-state index is 0.110. The third kappa shape index (κ3) is 3.48. The van der Waals surface area contributed by atoms with Crippen molar-refractivity contribution in [3.05, 3.63) is 35.9 Å². The second-order valence-corrected chi connectivity index (χ2v) is 4.69. The van der Waals surface area contributed by atoms with E-state index < -0.39 is 17.6 Å². The van der Waals surface area contributed by atoms with Gasteiger partial charge in [0.25, 0.3) is 0 Å². The lowest BCUT2D eigenvalue weighted by molar-refractivity contribution is -0.148. The highest BCUT2D eigenvalue weighted by Gasteiger charge is 2.42. The van der Waals surface area contributed by atoms with Gasteiger partial charge in [-0.25, -0.2) is 9.59 Å². The largest absolute Gasteiger partial charge is 0.480 e. The number of aliphatic carboxylic acids is 1. The summed E-state index contributed by atoms with van der Waals surface area (Å²) in [6.07, 6.45) is -0.246. The Morgan fingerprint density at radius 3 is 2.50 bits per heavy atom. The molecule has 1 aliphatic rings. The van der Waals surface area contributed by atoms with Crippen LogP contribution in [0.1, 0.15) is 18.4 Å². The zero-order valence-corrected chi connectivity index (χ0v) is 11.0.